The van der Waals surface area contributed by atoms with E-state index in [9.17, 15) is 4.79 Å². The lowest BCUT2D eigenvalue weighted by Crippen LogP contribution is -2.31. The quantitative estimate of drug-likeness (QED) is 0.807. The second-order valence-corrected chi connectivity index (χ2v) is 3.94. The predicted molar refractivity (Wildman–Crippen MR) is 74.0 cm³/mol. The summed E-state index contributed by atoms with van der Waals surface area (Å²) >= 11 is 0. The van der Waals surface area contributed by atoms with Crippen molar-refractivity contribution in [2.24, 2.45) is 0 Å². The first-order chi connectivity index (χ1) is 8.72. The van der Waals surface area contributed by atoms with Crippen molar-refractivity contribution >= 4 is 11.6 Å². The van der Waals surface area contributed by atoms with Gasteiger partial charge in [-0.2, -0.15) is 0 Å². The van der Waals surface area contributed by atoms with Gasteiger partial charge in [0.25, 0.3) is 0 Å². The van der Waals surface area contributed by atoms with Gasteiger partial charge in [-0.1, -0.05) is 12.1 Å². The Labute approximate surface area is 109 Å². The second kappa shape index (κ2) is 7.58. The van der Waals surface area contributed by atoms with Gasteiger partial charge in [0.1, 0.15) is 5.75 Å². The minimum atomic E-state index is 0.183. The highest BCUT2D eigenvalue weighted by molar-refractivity contribution is 5.76. The van der Waals surface area contributed by atoms with Crippen LogP contribution in [0.1, 0.15) is 20.3 Å². The standard InChI is InChI=1S/C14H22N2O2/c1-4-16(5-2)14(17)10-11-15-12-8-6-7-9-13(12)18-3/h6-9,15H,4-5,10-11H2,1-3H3. The Balaban J connectivity index is 2.44. The van der Waals surface area contributed by atoms with Crippen LogP contribution >= 0.6 is 0 Å². The van der Waals surface area contributed by atoms with Crippen molar-refractivity contribution < 1.29 is 9.53 Å². The molecule has 1 N–H and O–H groups in total. The van der Waals surface area contributed by atoms with Gasteiger partial charge in [-0.25, -0.2) is 0 Å². The highest BCUT2D eigenvalue weighted by Gasteiger charge is 2.09. The van der Waals surface area contributed by atoms with Crippen LogP contribution in [0.2, 0.25) is 0 Å². The third-order valence-corrected chi connectivity index (χ3v) is 2.88. The van der Waals surface area contributed by atoms with E-state index >= 15 is 0 Å². The molecule has 0 heterocycles. The summed E-state index contributed by atoms with van der Waals surface area (Å²) in [6.45, 7) is 6.15. The number of amides is 1. The molecule has 0 aromatic heterocycles. The van der Waals surface area contributed by atoms with E-state index in [1.807, 2.05) is 43.0 Å². The molecule has 0 saturated heterocycles. The van der Waals surface area contributed by atoms with E-state index < -0.39 is 0 Å². The van der Waals surface area contributed by atoms with E-state index in [2.05, 4.69) is 5.32 Å². The van der Waals surface area contributed by atoms with Crippen molar-refractivity contribution in [3.8, 4) is 5.75 Å². The van der Waals surface area contributed by atoms with Crippen LogP contribution in [0.3, 0.4) is 0 Å². The Bertz CT molecular complexity index is 376. The molecule has 0 saturated carbocycles. The molecule has 0 spiro atoms. The molecule has 4 nitrogen and oxygen atoms in total. The van der Waals surface area contributed by atoms with E-state index in [-0.39, 0.29) is 5.91 Å². The van der Waals surface area contributed by atoms with E-state index in [1.165, 1.54) is 0 Å². The maximum Gasteiger partial charge on any atom is 0.224 e. The van der Waals surface area contributed by atoms with Gasteiger partial charge in [0.15, 0.2) is 0 Å². The number of nitrogens with one attached hydrogen (secondary N) is 1. The lowest BCUT2D eigenvalue weighted by molar-refractivity contribution is -0.130. The van der Waals surface area contributed by atoms with Gasteiger partial charge < -0.3 is 15.0 Å². The number of rotatable bonds is 7. The summed E-state index contributed by atoms with van der Waals surface area (Å²) in [5.41, 5.74) is 0.923. The zero-order valence-electron chi connectivity index (χ0n) is 11.4. The number of nitrogens with zero attached hydrogens (tertiary/aromatic N) is 1. The maximum absolute atomic E-state index is 11.8. The molecule has 0 radical (unpaired) electrons. The lowest BCUT2D eigenvalue weighted by atomic mass is 10.2. The molecule has 0 aliphatic carbocycles. The summed E-state index contributed by atoms with van der Waals surface area (Å²) in [5, 5.41) is 3.23. The van der Waals surface area contributed by atoms with E-state index in [0.29, 0.717) is 13.0 Å². The summed E-state index contributed by atoms with van der Waals surface area (Å²) < 4.78 is 5.23. The number of ether oxygens (including phenoxy) is 1. The molecule has 1 amide bonds. The van der Waals surface area contributed by atoms with Crippen LogP contribution in [0.25, 0.3) is 0 Å². The van der Waals surface area contributed by atoms with Crippen LogP contribution in [0.4, 0.5) is 5.69 Å². The molecule has 0 fully saturated rings. The van der Waals surface area contributed by atoms with Crippen molar-refractivity contribution in [3.05, 3.63) is 24.3 Å². The highest BCUT2D eigenvalue weighted by Crippen LogP contribution is 2.22. The van der Waals surface area contributed by atoms with Gasteiger partial charge in [-0.15, -0.1) is 0 Å². The zero-order chi connectivity index (χ0) is 13.4. The van der Waals surface area contributed by atoms with Crippen molar-refractivity contribution in [3.63, 3.8) is 0 Å². The third kappa shape index (κ3) is 3.95. The largest absolute Gasteiger partial charge is 0.495 e. The van der Waals surface area contributed by atoms with Gasteiger partial charge >= 0.3 is 0 Å². The molecular weight excluding hydrogens is 228 g/mol. The van der Waals surface area contributed by atoms with Crippen LogP contribution < -0.4 is 10.1 Å². The fourth-order valence-electron chi connectivity index (χ4n) is 1.83. The highest BCUT2D eigenvalue weighted by atomic mass is 16.5. The lowest BCUT2D eigenvalue weighted by Gasteiger charge is -2.19. The summed E-state index contributed by atoms with van der Waals surface area (Å²) in [6.07, 6.45) is 0.500. The topological polar surface area (TPSA) is 41.6 Å². The monoisotopic (exact) mass is 250 g/mol. The van der Waals surface area contributed by atoms with Crippen molar-refractivity contribution in [2.75, 3.05) is 32.1 Å². The zero-order valence-corrected chi connectivity index (χ0v) is 11.4. The second-order valence-electron chi connectivity index (χ2n) is 3.94. The molecule has 18 heavy (non-hydrogen) atoms. The summed E-state index contributed by atoms with van der Waals surface area (Å²) in [5.74, 6) is 0.982. The number of hydrogen-bond acceptors (Lipinski definition) is 3. The van der Waals surface area contributed by atoms with Gasteiger partial charge in [-0.05, 0) is 26.0 Å². The van der Waals surface area contributed by atoms with Crippen molar-refractivity contribution in [2.45, 2.75) is 20.3 Å². The van der Waals surface area contributed by atoms with Crippen LogP contribution in [0.15, 0.2) is 24.3 Å². The van der Waals surface area contributed by atoms with Crippen LogP contribution in [0, 0.1) is 0 Å². The average Bonchev–Trinajstić information content (AvgIpc) is 2.40. The summed E-state index contributed by atoms with van der Waals surface area (Å²) in [4.78, 5) is 13.6. The fraction of sp³-hybridized carbons (Fsp3) is 0.500. The predicted octanol–water partition coefficient (Wildman–Crippen LogP) is 2.37. The molecule has 1 rings (SSSR count). The molecule has 0 unspecified atom stereocenters. The Hall–Kier alpha value is -1.71. The van der Waals surface area contributed by atoms with Crippen LogP contribution in [0.5, 0.6) is 5.75 Å². The Morgan fingerprint density at radius 2 is 1.94 bits per heavy atom. The minimum absolute atomic E-state index is 0.183. The third-order valence-electron chi connectivity index (χ3n) is 2.88. The maximum atomic E-state index is 11.8. The average molecular weight is 250 g/mol. The van der Waals surface area contributed by atoms with Crippen LogP contribution in [-0.4, -0.2) is 37.6 Å². The number of carbonyl (C=O) groups is 1. The number of para-hydroxylation sites is 2. The first-order valence-corrected chi connectivity index (χ1v) is 6.37. The molecule has 100 valence electrons. The van der Waals surface area contributed by atoms with Gasteiger partial charge in [-0.3, -0.25) is 4.79 Å². The Kier molecular flexibility index (Phi) is 6.05. The normalized spacial score (nSPS) is 9.94. The van der Waals surface area contributed by atoms with E-state index in [4.69, 9.17) is 4.74 Å². The molecule has 0 atom stereocenters. The first kappa shape index (κ1) is 14.4. The van der Waals surface area contributed by atoms with Crippen molar-refractivity contribution in [1.82, 2.24) is 4.90 Å². The number of methoxy groups -OCH3 is 1. The molecule has 0 aliphatic rings. The van der Waals surface area contributed by atoms with Gasteiger partial charge in [0.2, 0.25) is 5.91 Å². The minimum Gasteiger partial charge on any atom is -0.495 e. The SMILES string of the molecule is CCN(CC)C(=O)CCNc1ccccc1OC. The number of anilines is 1. The summed E-state index contributed by atoms with van der Waals surface area (Å²) in [7, 11) is 1.64. The molecule has 0 aliphatic heterocycles. The first-order valence-electron chi connectivity index (χ1n) is 6.37. The fourth-order valence-corrected chi connectivity index (χ4v) is 1.83. The summed E-state index contributed by atoms with van der Waals surface area (Å²) in [6, 6.07) is 7.71. The van der Waals surface area contributed by atoms with Gasteiger partial charge in [0, 0.05) is 26.1 Å². The van der Waals surface area contributed by atoms with E-state index in [0.717, 1.165) is 24.5 Å². The number of hydrogen-bond donors (Lipinski definition) is 1. The number of benzene rings is 1. The molecule has 1 aromatic rings. The Morgan fingerprint density at radius 1 is 1.28 bits per heavy atom. The van der Waals surface area contributed by atoms with E-state index in [1.54, 1.807) is 7.11 Å². The Morgan fingerprint density at radius 3 is 2.56 bits per heavy atom. The number of carbonyl (C=O) groups excluding carboxylic acids is 1. The molecular formula is C14H22N2O2. The molecule has 1 aromatic carbocycles. The smallest absolute Gasteiger partial charge is 0.224 e. The van der Waals surface area contributed by atoms with Crippen LogP contribution in [-0.2, 0) is 4.79 Å². The molecule has 4 heteroatoms. The molecule has 0 bridgehead atoms. The van der Waals surface area contributed by atoms with Crippen molar-refractivity contribution in [1.29, 1.82) is 0 Å². The van der Waals surface area contributed by atoms with Gasteiger partial charge in [0.05, 0.1) is 12.8 Å².